The average Bonchev–Trinajstić information content (AvgIpc) is 3.05. The van der Waals surface area contributed by atoms with Crippen LogP contribution in [0.5, 0.6) is 0 Å². The Balaban J connectivity index is 1.81. The number of sulfonamides is 2. The maximum Gasteiger partial charge on any atom is 0.286 e. The maximum atomic E-state index is 13.0. The zero-order valence-electron chi connectivity index (χ0n) is 17.8. The van der Waals surface area contributed by atoms with Crippen LogP contribution in [0.4, 0.5) is 11.4 Å². The van der Waals surface area contributed by atoms with Crippen molar-refractivity contribution in [2.45, 2.75) is 31.7 Å². The zero-order chi connectivity index (χ0) is 23.3. The van der Waals surface area contributed by atoms with E-state index < -0.39 is 20.0 Å². The normalized spacial score (nSPS) is 15.3. The van der Waals surface area contributed by atoms with Crippen molar-refractivity contribution in [2.24, 2.45) is 10.3 Å². The monoisotopic (exact) mass is 494 g/mol. The summed E-state index contributed by atoms with van der Waals surface area (Å²) in [5, 5.41) is 4.46. The summed E-state index contributed by atoms with van der Waals surface area (Å²) in [6.07, 6.45) is 3.80. The van der Waals surface area contributed by atoms with E-state index in [1.165, 1.54) is 18.2 Å². The van der Waals surface area contributed by atoms with E-state index in [1.54, 1.807) is 6.07 Å². The van der Waals surface area contributed by atoms with Gasteiger partial charge in [0, 0.05) is 29.4 Å². The molecule has 0 spiro atoms. The number of benzene rings is 2. The fraction of sp³-hybridized carbons (Fsp3) is 0.286. The van der Waals surface area contributed by atoms with Gasteiger partial charge >= 0.3 is 0 Å². The summed E-state index contributed by atoms with van der Waals surface area (Å²) in [5.41, 5.74) is 1.91. The number of hydrogen-bond acceptors (Lipinski definition) is 5. The van der Waals surface area contributed by atoms with Crippen LogP contribution in [0, 0.1) is 5.92 Å². The summed E-state index contributed by atoms with van der Waals surface area (Å²) in [7, 11) is -7.61. The molecule has 0 saturated carbocycles. The zero-order valence-corrected chi connectivity index (χ0v) is 20.1. The van der Waals surface area contributed by atoms with Crippen molar-refractivity contribution in [2.75, 3.05) is 16.3 Å². The number of nitrogens with zero attached hydrogens (tertiary/aromatic N) is 2. The Kier molecular flexibility index (Phi) is 5.72. The first-order chi connectivity index (χ1) is 14.9. The van der Waals surface area contributed by atoms with Crippen molar-refractivity contribution < 1.29 is 16.8 Å². The predicted octanol–water partition coefficient (Wildman–Crippen LogP) is 4.27. The van der Waals surface area contributed by atoms with Crippen LogP contribution in [0.15, 0.2) is 51.9 Å². The molecule has 0 aliphatic carbocycles. The van der Waals surface area contributed by atoms with Crippen molar-refractivity contribution in [1.82, 2.24) is 4.57 Å². The number of rotatable bonds is 6. The van der Waals surface area contributed by atoms with Crippen LogP contribution in [-0.2, 0) is 26.6 Å². The van der Waals surface area contributed by atoms with E-state index >= 15 is 0 Å². The third kappa shape index (κ3) is 4.48. The molecular weight excluding hydrogens is 472 g/mol. The molecule has 170 valence electrons. The van der Waals surface area contributed by atoms with Gasteiger partial charge in [-0.1, -0.05) is 37.6 Å². The lowest BCUT2D eigenvalue weighted by atomic mass is 10.1. The number of anilines is 2. The average molecular weight is 495 g/mol. The van der Waals surface area contributed by atoms with E-state index in [2.05, 4.69) is 28.3 Å². The summed E-state index contributed by atoms with van der Waals surface area (Å²) >= 11 is 6.48. The molecule has 2 N–H and O–H groups in total. The molecule has 0 atom stereocenters. The number of para-hydroxylation sites is 1. The molecule has 0 amide bonds. The van der Waals surface area contributed by atoms with Crippen LogP contribution in [0.25, 0.3) is 10.9 Å². The molecule has 1 aliphatic rings. The van der Waals surface area contributed by atoms with Gasteiger partial charge in [-0.15, -0.1) is 4.40 Å². The van der Waals surface area contributed by atoms with E-state index in [0.29, 0.717) is 22.2 Å². The van der Waals surface area contributed by atoms with Gasteiger partial charge in [0.15, 0.2) is 5.84 Å². The van der Waals surface area contributed by atoms with Gasteiger partial charge in [-0.25, -0.2) is 8.42 Å². The van der Waals surface area contributed by atoms with E-state index in [9.17, 15) is 16.8 Å². The first-order valence-electron chi connectivity index (χ1n) is 9.96. The highest BCUT2D eigenvalue weighted by molar-refractivity contribution is 7.92. The molecule has 1 aliphatic heterocycles. The highest BCUT2D eigenvalue weighted by Gasteiger charge is 2.28. The second-order valence-corrected chi connectivity index (χ2v) is 11.9. The fourth-order valence-electron chi connectivity index (χ4n) is 3.63. The number of aryl methyl sites for hydroxylation is 1. The Morgan fingerprint density at radius 1 is 1.22 bits per heavy atom. The molecule has 0 radical (unpaired) electrons. The first kappa shape index (κ1) is 22.6. The lowest BCUT2D eigenvalue weighted by molar-refractivity contribution is 0.524. The van der Waals surface area contributed by atoms with Crippen LogP contribution >= 0.6 is 11.6 Å². The number of hydrogen-bond donors (Lipinski definition) is 2. The lowest BCUT2D eigenvalue weighted by Crippen LogP contribution is -2.22. The summed E-state index contributed by atoms with van der Waals surface area (Å²) in [6, 6.07) is 9.76. The standard InChI is InChI=1S/C21H23ClN4O4S2/c1-13(2)9-10-26-12-16(15-5-4-6-17(22)20(15)26)21-23-18-8-7-14(24-31(3,27)28)11-19(18)32(29,30)25-21/h4-8,11-13,24H,9-10H2,1-3H3,(H,23,25). The lowest BCUT2D eigenvalue weighted by Gasteiger charge is -2.19. The number of fused-ring (bicyclic) bond motifs is 2. The molecule has 0 saturated heterocycles. The van der Waals surface area contributed by atoms with Gasteiger partial charge in [0.1, 0.15) is 4.90 Å². The highest BCUT2D eigenvalue weighted by atomic mass is 35.5. The molecule has 1 aromatic heterocycles. The third-order valence-corrected chi connectivity index (χ3v) is 7.31. The minimum absolute atomic E-state index is 0.100. The number of nitrogens with one attached hydrogen (secondary N) is 2. The number of amidine groups is 1. The Morgan fingerprint density at radius 2 is 1.97 bits per heavy atom. The van der Waals surface area contributed by atoms with Gasteiger partial charge in [-0.05, 0) is 36.6 Å². The molecule has 8 nitrogen and oxygen atoms in total. The van der Waals surface area contributed by atoms with Gasteiger partial charge in [-0.3, -0.25) is 4.72 Å². The van der Waals surface area contributed by atoms with Crippen LogP contribution in [0.2, 0.25) is 5.02 Å². The van der Waals surface area contributed by atoms with Crippen molar-refractivity contribution in [3.8, 4) is 0 Å². The minimum atomic E-state index is -4.06. The predicted molar refractivity (Wildman–Crippen MR) is 129 cm³/mol. The molecule has 2 heterocycles. The van der Waals surface area contributed by atoms with Gasteiger partial charge in [0.05, 0.1) is 22.5 Å². The van der Waals surface area contributed by atoms with Gasteiger partial charge in [-0.2, -0.15) is 8.42 Å². The third-order valence-electron chi connectivity index (χ3n) is 5.08. The molecule has 0 fully saturated rings. The summed E-state index contributed by atoms with van der Waals surface area (Å²) in [6.45, 7) is 5.00. The summed E-state index contributed by atoms with van der Waals surface area (Å²) < 4.78 is 57.2. The molecule has 11 heteroatoms. The largest absolute Gasteiger partial charge is 0.346 e. The van der Waals surface area contributed by atoms with Gasteiger partial charge < -0.3 is 9.88 Å². The summed E-state index contributed by atoms with van der Waals surface area (Å²) in [5.74, 6) is 0.683. The van der Waals surface area contributed by atoms with Crippen LogP contribution < -0.4 is 10.0 Å². The smallest absolute Gasteiger partial charge is 0.286 e. The molecule has 3 aromatic rings. The Labute approximate surface area is 192 Å². The van der Waals surface area contributed by atoms with Crippen LogP contribution in [0.1, 0.15) is 25.8 Å². The molecule has 0 unspecified atom stereocenters. The number of aromatic nitrogens is 1. The van der Waals surface area contributed by atoms with Crippen molar-refractivity contribution in [1.29, 1.82) is 0 Å². The first-order valence-corrected chi connectivity index (χ1v) is 13.7. The van der Waals surface area contributed by atoms with Gasteiger partial charge in [0.2, 0.25) is 10.0 Å². The molecular formula is C21H23ClN4O4S2. The Morgan fingerprint density at radius 3 is 2.66 bits per heavy atom. The summed E-state index contributed by atoms with van der Waals surface area (Å²) in [4.78, 5) is -0.100. The minimum Gasteiger partial charge on any atom is -0.346 e. The molecule has 2 aromatic carbocycles. The maximum absolute atomic E-state index is 13.0. The van der Waals surface area contributed by atoms with E-state index in [1.807, 2.05) is 22.9 Å². The van der Waals surface area contributed by atoms with E-state index in [-0.39, 0.29) is 16.4 Å². The highest BCUT2D eigenvalue weighted by Crippen LogP contribution is 2.34. The SMILES string of the molecule is CC(C)CCn1cc(C2=NS(=O)(=O)c3cc(NS(C)(=O)=O)ccc3N2)c2cccc(Cl)c21. The number of halogens is 1. The molecule has 4 rings (SSSR count). The quantitative estimate of drug-likeness (QED) is 0.531. The van der Waals surface area contributed by atoms with Crippen LogP contribution in [0.3, 0.4) is 0 Å². The molecule has 0 bridgehead atoms. The second-order valence-electron chi connectivity index (χ2n) is 8.18. The second kappa shape index (κ2) is 8.09. The van der Waals surface area contributed by atoms with E-state index in [4.69, 9.17) is 11.6 Å². The van der Waals surface area contributed by atoms with Crippen molar-refractivity contribution in [3.63, 3.8) is 0 Å². The molecule has 32 heavy (non-hydrogen) atoms. The Bertz CT molecular complexity index is 1460. The van der Waals surface area contributed by atoms with Crippen LogP contribution in [-0.4, -0.2) is 33.5 Å². The van der Waals surface area contributed by atoms with Crippen molar-refractivity contribution in [3.05, 3.63) is 53.2 Å². The Hall–Kier alpha value is -2.56. The fourth-order valence-corrected chi connectivity index (χ4v) is 5.62. The van der Waals surface area contributed by atoms with Gasteiger partial charge in [0.25, 0.3) is 10.0 Å². The topological polar surface area (TPSA) is 110 Å². The van der Waals surface area contributed by atoms with E-state index in [0.717, 1.165) is 30.1 Å². The van der Waals surface area contributed by atoms with Crippen molar-refractivity contribution >= 4 is 59.8 Å².